The average Bonchev–Trinajstić information content (AvgIpc) is 2.70. The third kappa shape index (κ3) is 4.71. The summed E-state index contributed by atoms with van der Waals surface area (Å²) in [6.45, 7) is 0. The molecule has 2 rings (SSSR count). The van der Waals surface area contributed by atoms with Crippen LogP contribution >= 0.6 is 0 Å². The van der Waals surface area contributed by atoms with E-state index in [1.807, 2.05) is 0 Å². The number of hydrogen-bond acceptors (Lipinski definition) is 4. The van der Waals surface area contributed by atoms with E-state index in [4.69, 9.17) is 4.74 Å². The maximum Gasteiger partial charge on any atom is 0.251 e. The Morgan fingerprint density at radius 2 is 1.85 bits per heavy atom. The van der Waals surface area contributed by atoms with E-state index in [-0.39, 0.29) is 5.91 Å². The summed E-state index contributed by atoms with van der Waals surface area (Å²) in [5, 5.41) is 14.5. The number of benzene rings is 2. The number of rotatable bonds is 6. The first kappa shape index (κ1) is 18.7. The SMILES string of the molecule is CNC(=O)c1ccc(/C=C/C(=O)N[C@@H](C#N)c2ccccc2OC)cc1. The summed E-state index contributed by atoms with van der Waals surface area (Å²) in [5.41, 5.74) is 1.89. The van der Waals surface area contributed by atoms with E-state index in [2.05, 4.69) is 16.7 Å². The number of carbonyl (C=O) groups excluding carboxylic acids is 2. The minimum atomic E-state index is -0.820. The summed E-state index contributed by atoms with van der Waals surface area (Å²) in [6.07, 6.45) is 2.95. The molecule has 1 atom stereocenters. The molecule has 0 unspecified atom stereocenters. The molecule has 0 saturated heterocycles. The molecule has 6 nitrogen and oxygen atoms in total. The van der Waals surface area contributed by atoms with Gasteiger partial charge >= 0.3 is 0 Å². The Morgan fingerprint density at radius 3 is 2.46 bits per heavy atom. The van der Waals surface area contributed by atoms with Gasteiger partial charge in [0.25, 0.3) is 5.91 Å². The molecule has 2 amide bonds. The molecule has 2 aromatic rings. The molecule has 0 aliphatic heterocycles. The number of nitriles is 1. The van der Waals surface area contributed by atoms with Crippen molar-refractivity contribution in [3.05, 3.63) is 71.3 Å². The van der Waals surface area contributed by atoms with Crippen LogP contribution in [0.25, 0.3) is 6.08 Å². The van der Waals surface area contributed by atoms with Gasteiger partial charge in [-0.1, -0.05) is 30.3 Å². The predicted octanol–water partition coefficient (Wildman–Crippen LogP) is 2.45. The lowest BCUT2D eigenvalue weighted by molar-refractivity contribution is -0.116. The summed E-state index contributed by atoms with van der Waals surface area (Å²) in [4.78, 5) is 23.6. The van der Waals surface area contributed by atoms with E-state index >= 15 is 0 Å². The number of amides is 2. The Hall–Kier alpha value is -3.59. The normalized spacial score (nSPS) is 11.4. The molecule has 0 fully saturated rings. The van der Waals surface area contributed by atoms with Gasteiger partial charge in [-0.05, 0) is 29.8 Å². The lowest BCUT2D eigenvalue weighted by Crippen LogP contribution is -2.26. The lowest BCUT2D eigenvalue weighted by atomic mass is 10.1. The quantitative estimate of drug-likeness (QED) is 0.784. The van der Waals surface area contributed by atoms with Crippen LogP contribution in [0.5, 0.6) is 5.75 Å². The number of ether oxygens (including phenoxy) is 1. The number of para-hydroxylation sites is 1. The van der Waals surface area contributed by atoms with Crippen molar-refractivity contribution < 1.29 is 14.3 Å². The minimum Gasteiger partial charge on any atom is -0.496 e. The highest BCUT2D eigenvalue weighted by Gasteiger charge is 2.16. The van der Waals surface area contributed by atoms with Crippen LogP contribution in [0, 0.1) is 11.3 Å². The fraction of sp³-hybridized carbons (Fsp3) is 0.150. The highest BCUT2D eigenvalue weighted by Crippen LogP contribution is 2.24. The third-order valence-corrected chi connectivity index (χ3v) is 3.69. The van der Waals surface area contributed by atoms with Crippen molar-refractivity contribution in [3.63, 3.8) is 0 Å². The first-order chi connectivity index (χ1) is 12.6. The Balaban J connectivity index is 2.06. The highest BCUT2D eigenvalue weighted by atomic mass is 16.5. The summed E-state index contributed by atoms with van der Waals surface area (Å²) in [6, 6.07) is 15.1. The number of nitrogens with zero attached hydrogens (tertiary/aromatic N) is 1. The molecule has 132 valence electrons. The van der Waals surface area contributed by atoms with Gasteiger partial charge in [-0.2, -0.15) is 5.26 Å². The Kier molecular flexibility index (Phi) is 6.52. The van der Waals surface area contributed by atoms with Crippen molar-refractivity contribution in [2.24, 2.45) is 0 Å². The smallest absolute Gasteiger partial charge is 0.251 e. The van der Waals surface area contributed by atoms with Crippen LogP contribution in [0.4, 0.5) is 0 Å². The van der Waals surface area contributed by atoms with Crippen molar-refractivity contribution in [2.75, 3.05) is 14.2 Å². The zero-order chi connectivity index (χ0) is 18.9. The molecule has 2 N–H and O–H groups in total. The molecule has 6 heteroatoms. The van der Waals surface area contributed by atoms with E-state index in [0.717, 1.165) is 5.56 Å². The molecule has 0 radical (unpaired) electrons. The molecule has 0 aliphatic rings. The topological polar surface area (TPSA) is 91.2 Å². The van der Waals surface area contributed by atoms with E-state index < -0.39 is 11.9 Å². The zero-order valence-corrected chi connectivity index (χ0v) is 14.5. The van der Waals surface area contributed by atoms with Crippen molar-refractivity contribution in [1.29, 1.82) is 5.26 Å². The fourth-order valence-electron chi connectivity index (χ4n) is 2.34. The summed E-state index contributed by atoms with van der Waals surface area (Å²) in [5.74, 6) is -0.0436. The van der Waals surface area contributed by atoms with Gasteiger partial charge in [0.05, 0.1) is 13.2 Å². The number of hydrogen-bond donors (Lipinski definition) is 2. The van der Waals surface area contributed by atoms with Crippen LogP contribution in [-0.2, 0) is 4.79 Å². The number of nitrogens with one attached hydrogen (secondary N) is 2. The van der Waals surface area contributed by atoms with E-state index in [9.17, 15) is 14.9 Å². The van der Waals surface area contributed by atoms with Gasteiger partial charge in [-0.3, -0.25) is 9.59 Å². The van der Waals surface area contributed by atoms with Crippen LogP contribution in [0.15, 0.2) is 54.6 Å². The Bertz CT molecular complexity index is 851. The standard InChI is InChI=1S/C20H19N3O3/c1-22-20(25)15-10-7-14(8-11-15)9-12-19(24)23-17(13-21)16-5-3-4-6-18(16)26-2/h3-12,17H,1-2H3,(H,22,25)(H,23,24)/b12-9+/t17-/m0/s1. The Morgan fingerprint density at radius 1 is 1.15 bits per heavy atom. The van der Waals surface area contributed by atoms with Gasteiger partial charge in [0.15, 0.2) is 0 Å². The largest absolute Gasteiger partial charge is 0.496 e. The van der Waals surface area contributed by atoms with Gasteiger partial charge < -0.3 is 15.4 Å². The maximum absolute atomic E-state index is 12.1. The summed E-state index contributed by atoms with van der Waals surface area (Å²) >= 11 is 0. The van der Waals surface area contributed by atoms with E-state index in [1.54, 1.807) is 61.7 Å². The highest BCUT2D eigenvalue weighted by molar-refractivity contribution is 5.95. The summed E-state index contributed by atoms with van der Waals surface area (Å²) < 4.78 is 5.23. The molecule has 0 bridgehead atoms. The number of methoxy groups -OCH3 is 1. The lowest BCUT2D eigenvalue weighted by Gasteiger charge is -2.14. The van der Waals surface area contributed by atoms with Crippen molar-refractivity contribution in [2.45, 2.75) is 6.04 Å². The molecule has 2 aromatic carbocycles. The maximum atomic E-state index is 12.1. The van der Waals surface area contributed by atoms with Crippen molar-refractivity contribution in [3.8, 4) is 11.8 Å². The Labute approximate surface area is 152 Å². The zero-order valence-electron chi connectivity index (χ0n) is 14.5. The second-order valence-electron chi connectivity index (χ2n) is 5.35. The monoisotopic (exact) mass is 349 g/mol. The van der Waals surface area contributed by atoms with Gasteiger partial charge in [-0.15, -0.1) is 0 Å². The van der Waals surface area contributed by atoms with Gasteiger partial charge in [0.2, 0.25) is 5.91 Å². The molecular formula is C20H19N3O3. The second kappa shape index (κ2) is 9.04. The van der Waals surface area contributed by atoms with Crippen LogP contribution in [0.2, 0.25) is 0 Å². The van der Waals surface area contributed by atoms with Crippen LogP contribution in [-0.4, -0.2) is 26.0 Å². The average molecular weight is 349 g/mol. The van der Waals surface area contributed by atoms with Crippen LogP contribution in [0.1, 0.15) is 27.5 Å². The van der Waals surface area contributed by atoms with Crippen molar-refractivity contribution >= 4 is 17.9 Å². The summed E-state index contributed by atoms with van der Waals surface area (Å²) in [7, 11) is 3.07. The van der Waals surface area contributed by atoms with Crippen molar-refractivity contribution in [1.82, 2.24) is 10.6 Å². The second-order valence-corrected chi connectivity index (χ2v) is 5.35. The minimum absolute atomic E-state index is 0.174. The fourth-order valence-corrected chi connectivity index (χ4v) is 2.34. The van der Waals surface area contributed by atoms with Gasteiger partial charge in [0.1, 0.15) is 11.8 Å². The van der Waals surface area contributed by atoms with Gasteiger partial charge in [0, 0.05) is 24.3 Å². The molecule has 0 heterocycles. The third-order valence-electron chi connectivity index (χ3n) is 3.69. The molecule has 0 aliphatic carbocycles. The number of carbonyl (C=O) groups is 2. The molecule has 0 saturated carbocycles. The molecular weight excluding hydrogens is 330 g/mol. The van der Waals surface area contributed by atoms with Crippen LogP contribution < -0.4 is 15.4 Å². The van der Waals surface area contributed by atoms with Crippen LogP contribution in [0.3, 0.4) is 0 Å². The predicted molar refractivity (Wildman–Crippen MR) is 98.4 cm³/mol. The first-order valence-electron chi connectivity index (χ1n) is 7.92. The molecule has 0 aromatic heterocycles. The molecule has 0 spiro atoms. The van der Waals surface area contributed by atoms with Gasteiger partial charge in [-0.25, -0.2) is 0 Å². The van der Waals surface area contributed by atoms with E-state index in [1.165, 1.54) is 13.2 Å². The van der Waals surface area contributed by atoms with E-state index in [0.29, 0.717) is 16.9 Å². The first-order valence-corrected chi connectivity index (χ1v) is 7.92. The molecule has 26 heavy (non-hydrogen) atoms.